The van der Waals surface area contributed by atoms with Crippen LogP contribution in [0.3, 0.4) is 0 Å². The largest absolute Gasteiger partial charge is 0.465 e. The Balaban J connectivity index is 2.16. The molecule has 164 valence electrons. The van der Waals surface area contributed by atoms with Crippen LogP contribution in [-0.2, 0) is 23.9 Å². The molecule has 0 aromatic rings. The molecule has 0 unspecified atom stereocenters. The van der Waals surface area contributed by atoms with Crippen LogP contribution in [0.4, 0.5) is 0 Å². The molecule has 1 saturated heterocycles. The molecule has 0 saturated carbocycles. The highest BCUT2D eigenvalue weighted by atomic mass is 16.6. The molecule has 1 aliphatic heterocycles. The Morgan fingerprint density at radius 2 is 1.93 bits per heavy atom. The van der Waals surface area contributed by atoms with Gasteiger partial charge in [-0.3, -0.25) is 14.9 Å². The van der Waals surface area contributed by atoms with E-state index in [4.69, 9.17) is 9.47 Å². The van der Waals surface area contributed by atoms with E-state index in [9.17, 15) is 14.4 Å². The molecule has 1 aliphatic carbocycles. The van der Waals surface area contributed by atoms with E-state index in [1.165, 1.54) is 0 Å². The number of likely N-dealkylation sites (tertiary alicyclic amines) is 1. The Hall–Kier alpha value is -1.89. The fourth-order valence-corrected chi connectivity index (χ4v) is 4.13. The molecule has 0 aromatic heterocycles. The molecule has 2 rings (SSSR count). The quantitative estimate of drug-likeness (QED) is 0.491. The summed E-state index contributed by atoms with van der Waals surface area (Å²) in [5.41, 5.74) is -0.612. The molecular formula is C22H36N2O5. The van der Waals surface area contributed by atoms with Gasteiger partial charge in [-0.2, -0.15) is 0 Å². The van der Waals surface area contributed by atoms with Gasteiger partial charge >= 0.3 is 11.9 Å². The van der Waals surface area contributed by atoms with Crippen molar-refractivity contribution < 1.29 is 23.9 Å². The minimum Gasteiger partial charge on any atom is -0.465 e. The molecule has 0 bridgehead atoms. The zero-order valence-electron chi connectivity index (χ0n) is 18.6. The number of nitrogens with one attached hydrogen (secondary N) is 1. The van der Waals surface area contributed by atoms with Crippen molar-refractivity contribution in [3.05, 3.63) is 12.2 Å². The number of fused-ring (bicyclic) bond motifs is 1. The smallest absolute Gasteiger partial charge is 0.329 e. The van der Waals surface area contributed by atoms with Crippen LogP contribution in [-0.4, -0.2) is 59.1 Å². The summed E-state index contributed by atoms with van der Waals surface area (Å²) in [5.74, 6) is -0.667. The van der Waals surface area contributed by atoms with E-state index >= 15 is 0 Å². The molecule has 29 heavy (non-hydrogen) atoms. The summed E-state index contributed by atoms with van der Waals surface area (Å²) >= 11 is 0. The van der Waals surface area contributed by atoms with Gasteiger partial charge in [0, 0.05) is 0 Å². The summed E-state index contributed by atoms with van der Waals surface area (Å²) in [6.07, 6.45) is 6.90. The maximum Gasteiger partial charge on any atom is 0.329 e. The van der Waals surface area contributed by atoms with Gasteiger partial charge in [-0.25, -0.2) is 4.79 Å². The molecular weight excluding hydrogens is 372 g/mol. The van der Waals surface area contributed by atoms with Crippen LogP contribution in [0.15, 0.2) is 12.2 Å². The fourth-order valence-electron chi connectivity index (χ4n) is 4.13. The number of allylic oxidation sites excluding steroid dienone is 1. The first kappa shape index (κ1) is 23.4. The highest BCUT2D eigenvalue weighted by Gasteiger charge is 2.49. The van der Waals surface area contributed by atoms with Crippen LogP contribution in [0.1, 0.15) is 67.2 Å². The van der Waals surface area contributed by atoms with Crippen molar-refractivity contribution in [2.24, 2.45) is 5.92 Å². The zero-order valence-corrected chi connectivity index (χ0v) is 18.6. The summed E-state index contributed by atoms with van der Waals surface area (Å²) in [4.78, 5) is 40.1. The standard InChI is InChI=1S/C22H36N2O5/c1-7-10-16(20(26)28-8-2)23-14(3)19(25)24-17-12-9-11-15(17)13-18(24)21(27)29-22(4,5)6/h9,12,14-18,23H,7-8,10-11,13H2,1-6H3/t14-,15+,16-,17-,18+/m0/s1. The van der Waals surface area contributed by atoms with Crippen molar-refractivity contribution in [1.29, 1.82) is 0 Å². The molecule has 0 aromatic carbocycles. The summed E-state index contributed by atoms with van der Waals surface area (Å²) in [5, 5.41) is 3.12. The number of nitrogens with zero attached hydrogens (tertiary/aromatic N) is 1. The second kappa shape index (κ2) is 9.74. The summed E-state index contributed by atoms with van der Waals surface area (Å²) < 4.78 is 10.7. The van der Waals surface area contributed by atoms with E-state index in [2.05, 4.69) is 11.4 Å². The molecule has 5 atom stereocenters. The third kappa shape index (κ3) is 5.81. The van der Waals surface area contributed by atoms with E-state index in [1.54, 1.807) is 18.7 Å². The van der Waals surface area contributed by atoms with E-state index in [-0.39, 0.29) is 29.8 Å². The van der Waals surface area contributed by atoms with E-state index in [1.807, 2.05) is 33.8 Å². The number of amides is 1. The van der Waals surface area contributed by atoms with E-state index in [0.717, 1.165) is 12.8 Å². The van der Waals surface area contributed by atoms with Gasteiger partial charge in [-0.1, -0.05) is 25.5 Å². The van der Waals surface area contributed by atoms with Gasteiger partial charge in [0.15, 0.2) is 0 Å². The van der Waals surface area contributed by atoms with E-state index in [0.29, 0.717) is 19.4 Å². The first-order valence-electron chi connectivity index (χ1n) is 10.7. The van der Waals surface area contributed by atoms with Crippen LogP contribution in [0, 0.1) is 5.92 Å². The molecule has 1 heterocycles. The molecule has 7 nitrogen and oxygen atoms in total. The molecule has 1 amide bonds. The number of carbonyl (C=O) groups excluding carboxylic acids is 3. The first-order valence-corrected chi connectivity index (χ1v) is 10.7. The fraction of sp³-hybridized carbons (Fsp3) is 0.773. The van der Waals surface area contributed by atoms with Gasteiger partial charge in [-0.05, 0) is 59.8 Å². The van der Waals surface area contributed by atoms with Crippen molar-refractivity contribution in [2.45, 2.75) is 97.0 Å². The Bertz CT molecular complexity index is 640. The Morgan fingerprint density at radius 3 is 2.52 bits per heavy atom. The summed E-state index contributed by atoms with van der Waals surface area (Å²) in [7, 11) is 0. The number of ether oxygens (including phenoxy) is 2. The van der Waals surface area contributed by atoms with Crippen molar-refractivity contribution >= 4 is 17.8 Å². The number of esters is 2. The van der Waals surface area contributed by atoms with Crippen molar-refractivity contribution in [1.82, 2.24) is 10.2 Å². The van der Waals surface area contributed by atoms with Crippen molar-refractivity contribution in [3.63, 3.8) is 0 Å². The zero-order chi connectivity index (χ0) is 21.8. The molecule has 0 radical (unpaired) electrons. The monoisotopic (exact) mass is 408 g/mol. The summed E-state index contributed by atoms with van der Waals surface area (Å²) in [6.45, 7) is 11.3. The van der Waals surface area contributed by atoms with Crippen LogP contribution in [0.5, 0.6) is 0 Å². The molecule has 2 aliphatic rings. The summed E-state index contributed by atoms with van der Waals surface area (Å²) in [6, 6.07) is -1.86. The molecule has 0 spiro atoms. The van der Waals surface area contributed by atoms with Crippen LogP contribution in [0.2, 0.25) is 0 Å². The van der Waals surface area contributed by atoms with Crippen molar-refractivity contribution in [3.8, 4) is 0 Å². The van der Waals surface area contributed by atoms with Gasteiger partial charge in [0.05, 0.1) is 18.7 Å². The minimum absolute atomic E-state index is 0.100. The molecule has 1 fully saturated rings. The number of hydrogen-bond acceptors (Lipinski definition) is 6. The lowest BCUT2D eigenvalue weighted by Gasteiger charge is -2.33. The SMILES string of the molecule is CCC[C@H](N[C@@H](C)C(=O)N1[C@@H](C(=O)OC(C)(C)C)C[C@H]2CC=C[C@@H]21)C(=O)OCC. The lowest BCUT2D eigenvalue weighted by atomic mass is 10.0. The van der Waals surface area contributed by atoms with Gasteiger partial charge in [0.25, 0.3) is 0 Å². The van der Waals surface area contributed by atoms with Crippen LogP contribution in [0.25, 0.3) is 0 Å². The number of carbonyl (C=O) groups is 3. The maximum absolute atomic E-state index is 13.4. The third-order valence-corrected chi connectivity index (χ3v) is 5.34. The maximum atomic E-state index is 13.4. The molecule has 1 N–H and O–H groups in total. The average molecular weight is 409 g/mol. The average Bonchev–Trinajstić information content (AvgIpc) is 3.20. The minimum atomic E-state index is -0.617. The third-order valence-electron chi connectivity index (χ3n) is 5.34. The van der Waals surface area contributed by atoms with E-state index < -0.39 is 23.7 Å². The lowest BCUT2D eigenvalue weighted by molar-refractivity contribution is -0.164. The highest BCUT2D eigenvalue weighted by molar-refractivity contribution is 5.89. The topological polar surface area (TPSA) is 84.9 Å². The Kier molecular flexibility index (Phi) is 7.86. The van der Waals surface area contributed by atoms with Gasteiger partial charge in [0.1, 0.15) is 17.7 Å². The van der Waals surface area contributed by atoms with Crippen LogP contribution >= 0.6 is 0 Å². The predicted octanol–water partition coefficient (Wildman–Crippen LogP) is 2.58. The van der Waals surface area contributed by atoms with Crippen molar-refractivity contribution in [2.75, 3.05) is 6.61 Å². The van der Waals surface area contributed by atoms with Gasteiger partial charge < -0.3 is 14.4 Å². The van der Waals surface area contributed by atoms with Crippen LogP contribution < -0.4 is 5.32 Å². The molecule has 7 heteroatoms. The number of rotatable bonds is 8. The second-order valence-electron chi connectivity index (χ2n) is 8.93. The first-order chi connectivity index (χ1) is 13.6. The predicted molar refractivity (Wildman–Crippen MR) is 110 cm³/mol. The number of hydrogen-bond donors (Lipinski definition) is 1. The Morgan fingerprint density at radius 1 is 1.24 bits per heavy atom. The second-order valence-corrected chi connectivity index (χ2v) is 8.93. The normalized spacial score (nSPS) is 25.4. The highest BCUT2D eigenvalue weighted by Crippen LogP contribution is 2.38. The van der Waals surface area contributed by atoms with Gasteiger partial charge in [-0.15, -0.1) is 0 Å². The van der Waals surface area contributed by atoms with Gasteiger partial charge in [0.2, 0.25) is 5.91 Å². The lowest BCUT2D eigenvalue weighted by Crippen LogP contribution is -2.55. The Labute approximate surface area is 174 Å².